The van der Waals surface area contributed by atoms with Crippen molar-refractivity contribution in [1.29, 1.82) is 0 Å². The molecular formula is C10H18O2. The molecule has 12 heavy (non-hydrogen) atoms. The van der Waals surface area contributed by atoms with Crippen molar-refractivity contribution in [3.63, 3.8) is 0 Å². The van der Waals surface area contributed by atoms with Crippen LogP contribution in [0, 0.1) is 5.92 Å². The monoisotopic (exact) mass is 170 g/mol. The van der Waals surface area contributed by atoms with E-state index in [1.165, 1.54) is 5.57 Å². The lowest BCUT2D eigenvalue weighted by Gasteiger charge is -2.08. The second-order valence-electron chi connectivity index (χ2n) is 3.24. The molecule has 1 atom stereocenters. The molecule has 70 valence electrons. The van der Waals surface area contributed by atoms with Gasteiger partial charge in [0.2, 0.25) is 0 Å². The van der Waals surface area contributed by atoms with Crippen LogP contribution in [0.25, 0.3) is 0 Å². The fourth-order valence-corrected chi connectivity index (χ4v) is 0.996. The van der Waals surface area contributed by atoms with Gasteiger partial charge in [0.05, 0.1) is 6.42 Å². The lowest BCUT2D eigenvalue weighted by atomic mass is 9.98. The Morgan fingerprint density at radius 3 is 2.58 bits per heavy atom. The number of rotatable bonds is 5. The van der Waals surface area contributed by atoms with Gasteiger partial charge in [-0.05, 0) is 19.3 Å². The fraction of sp³-hybridized carbons (Fsp3) is 0.700. The summed E-state index contributed by atoms with van der Waals surface area (Å²) in [6, 6.07) is 0. The second-order valence-corrected chi connectivity index (χ2v) is 3.24. The summed E-state index contributed by atoms with van der Waals surface area (Å²) in [4.78, 5) is 10.4. The van der Waals surface area contributed by atoms with Gasteiger partial charge in [-0.15, -0.1) is 0 Å². The molecule has 2 heteroatoms. The van der Waals surface area contributed by atoms with Crippen molar-refractivity contribution in [2.75, 3.05) is 0 Å². The van der Waals surface area contributed by atoms with Crippen LogP contribution >= 0.6 is 0 Å². The molecule has 0 aromatic heterocycles. The third-order valence-electron chi connectivity index (χ3n) is 2.01. The van der Waals surface area contributed by atoms with Gasteiger partial charge in [0.25, 0.3) is 0 Å². The van der Waals surface area contributed by atoms with E-state index in [4.69, 9.17) is 5.11 Å². The third kappa shape index (κ3) is 4.94. The molecule has 0 saturated heterocycles. The topological polar surface area (TPSA) is 37.3 Å². The number of allylic oxidation sites excluding steroid dienone is 2. The molecule has 1 unspecified atom stereocenters. The lowest BCUT2D eigenvalue weighted by Crippen LogP contribution is -2.05. The van der Waals surface area contributed by atoms with Crippen LogP contribution in [-0.4, -0.2) is 11.1 Å². The van der Waals surface area contributed by atoms with Crippen LogP contribution in [0.1, 0.15) is 40.0 Å². The van der Waals surface area contributed by atoms with E-state index in [-0.39, 0.29) is 12.3 Å². The Hall–Kier alpha value is -0.790. The number of carboxylic acids is 1. The molecule has 2 nitrogen and oxygen atoms in total. The van der Waals surface area contributed by atoms with Gasteiger partial charge in [-0.3, -0.25) is 4.79 Å². The summed E-state index contributed by atoms with van der Waals surface area (Å²) in [5.41, 5.74) is 1.19. The Morgan fingerprint density at radius 1 is 1.58 bits per heavy atom. The summed E-state index contributed by atoms with van der Waals surface area (Å²) in [5, 5.41) is 8.53. The molecule has 0 saturated carbocycles. The van der Waals surface area contributed by atoms with Gasteiger partial charge in [-0.25, -0.2) is 0 Å². The maximum absolute atomic E-state index is 10.4. The number of carboxylic acid groups (broad SMARTS) is 1. The van der Waals surface area contributed by atoms with Crippen molar-refractivity contribution >= 4 is 5.97 Å². The van der Waals surface area contributed by atoms with Crippen LogP contribution in [0.5, 0.6) is 0 Å². The lowest BCUT2D eigenvalue weighted by molar-refractivity contribution is -0.137. The standard InChI is InChI=1S/C10H18O2/c1-4-5-6-8(2)9(3)7-10(11)12/h6,9H,4-5,7H2,1-3H3,(H,11,12)/b8-6+. The molecular weight excluding hydrogens is 152 g/mol. The molecule has 0 aliphatic rings. The van der Waals surface area contributed by atoms with Crippen LogP contribution < -0.4 is 0 Å². The van der Waals surface area contributed by atoms with E-state index in [0.717, 1.165) is 12.8 Å². The average molecular weight is 170 g/mol. The van der Waals surface area contributed by atoms with Gasteiger partial charge in [0.1, 0.15) is 0 Å². The van der Waals surface area contributed by atoms with Gasteiger partial charge in [-0.2, -0.15) is 0 Å². The second kappa shape index (κ2) is 5.81. The van der Waals surface area contributed by atoms with Crippen molar-refractivity contribution < 1.29 is 9.90 Å². The Labute approximate surface area is 74.3 Å². The van der Waals surface area contributed by atoms with E-state index >= 15 is 0 Å². The van der Waals surface area contributed by atoms with Crippen LogP contribution in [0.4, 0.5) is 0 Å². The summed E-state index contributed by atoms with van der Waals surface area (Å²) in [5.74, 6) is -0.541. The normalized spacial score (nSPS) is 14.4. The van der Waals surface area contributed by atoms with Crippen molar-refractivity contribution in [1.82, 2.24) is 0 Å². The Morgan fingerprint density at radius 2 is 2.17 bits per heavy atom. The van der Waals surface area contributed by atoms with Crippen LogP contribution in [0.3, 0.4) is 0 Å². The minimum Gasteiger partial charge on any atom is -0.481 e. The number of hydrogen-bond acceptors (Lipinski definition) is 1. The van der Waals surface area contributed by atoms with E-state index in [2.05, 4.69) is 13.0 Å². The molecule has 0 aromatic carbocycles. The fourth-order valence-electron chi connectivity index (χ4n) is 0.996. The molecule has 0 heterocycles. The van der Waals surface area contributed by atoms with Gasteiger partial charge in [0.15, 0.2) is 0 Å². The first-order valence-corrected chi connectivity index (χ1v) is 4.46. The van der Waals surface area contributed by atoms with Gasteiger partial charge in [-0.1, -0.05) is 31.9 Å². The molecule has 0 aliphatic carbocycles. The highest BCUT2D eigenvalue weighted by Gasteiger charge is 2.08. The first-order valence-electron chi connectivity index (χ1n) is 4.46. The van der Waals surface area contributed by atoms with E-state index in [9.17, 15) is 4.79 Å². The Kier molecular flexibility index (Phi) is 5.43. The Bertz CT molecular complexity index is 171. The maximum Gasteiger partial charge on any atom is 0.303 e. The highest BCUT2D eigenvalue weighted by atomic mass is 16.4. The molecule has 0 aromatic rings. The summed E-state index contributed by atoms with van der Waals surface area (Å²) in [6.45, 7) is 6.07. The van der Waals surface area contributed by atoms with Crippen molar-refractivity contribution in [3.8, 4) is 0 Å². The molecule has 0 amide bonds. The zero-order valence-electron chi connectivity index (χ0n) is 8.13. The van der Waals surface area contributed by atoms with Crippen LogP contribution in [0.15, 0.2) is 11.6 Å². The van der Waals surface area contributed by atoms with E-state index in [1.54, 1.807) is 0 Å². The smallest absolute Gasteiger partial charge is 0.303 e. The molecule has 0 rings (SSSR count). The van der Waals surface area contributed by atoms with Gasteiger partial charge in [0, 0.05) is 0 Å². The third-order valence-corrected chi connectivity index (χ3v) is 2.01. The first kappa shape index (κ1) is 11.2. The molecule has 0 radical (unpaired) electrons. The maximum atomic E-state index is 10.4. The highest BCUT2D eigenvalue weighted by molar-refractivity contribution is 5.67. The number of hydrogen-bond donors (Lipinski definition) is 1. The SMILES string of the molecule is CCC/C=C(\C)C(C)CC(=O)O. The van der Waals surface area contributed by atoms with Crippen molar-refractivity contribution in [2.24, 2.45) is 5.92 Å². The molecule has 0 spiro atoms. The zero-order valence-corrected chi connectivity index (χ0v) is 8.13. The quantitative estimate of drug-likeness (QED) is 0.644. The molecule has 0 fully saturated rings. The summed E-state index contributed by atoms with van der Waals surface area (Å²) >= 11 is 0. The van der Waals surface area contributed by atoms with Gasteiger partial charge < -0.3 is 5.11 Å². The Balaban J connectivity index is 3.90. The van der Waals surface area contributed by atoms with E-state index < -0.39 is 5.97 Å². The molecule has 0 aliphatic heterocycles. The zero-order chi connectivity index (χ0) is 9.56. The van der Waals surface area contributed by atoms with Crippen molar-refractivity contribution in [3.05, 3.63) is 11.6 Å². The molecule has 1 N–H and O–H groups in total. The number of unbranched alkanes of at least 4 members (excludes halogenated alkanes) is 1. The summed E-state index contributed by atoms with van der Waals surface area (Å²) in [7, 11) is 0. The highest BCUT2D eigenvalue weighted by Crippen LogP contribution is 2.14. The minimum absolute atomic E-state index is 0.175. The summed E-state index contributed by atoms with van der Waals surface area (Å²) in [6.07, 6.45) is 4.55. The van der Waals surface area contributed by atoms with E-state index in [0.29, 0.717) is 0 Å². The van der Waals surface area contributed by atoms with Crippen LogP contribution in [-0.2, 0) is 4.79 Å². The number of carbonyl (C=O) groups is 1. The van der Waals surface area contributed by atoms with E-state index in [1.807, 2.05) is 13.8 Å². The first-order chi connectivity index (χ1) is 5.57. The average Bonchev–Trinajstić information content (AvgIpc) is 1.98. The van der Waals surface area contributed by atoms with Crippen molar-refractivity contribution in [2.45, 2.75) is 40.0 Å². The summed E-state index contributed by atoms with van der Waals surface area (Å²) < 4.78 is 0. The predicted molar refractivity (Wildman–Crippen MR) is 50.1 cm³/mol. The predicted octanol–water partition coefficient (Wildman–Crippen LogP) is 2.84. The largest absolute Gasteiger partial charge is 0.481 e. The molecule has 0 bridgehead atoms. The minimum atomic E-state index is -0.716. The van der Waals surface area contributed by atoms with Crippen LogP contribution in [0.2, 0.25) is 0 Å². The number of aliphatic carboxylic acids is 1. The van der Waals surface area contributed by atoms with Gasteiger partial charge >= 0.3 is 5.97 Å².